The van der Waals surface area contributed by atoms with Crippen molar-refractivity contribution in [2.45, 2.75) is 19.3 Å². The van der Waals surface area contributed by atoms with Crippen molar-refractivity contribution in [3.8, 4) is 11.5 Å². The highest BCUT2D eigenvalue weighted by atomic mass is 19.4. The molecule has 2 aromatic carbocycles. The molecule has 0 aromatic heterocycles. The maximum absolute atomic E-state index is 12.8. The average Bonchev–Trinajstić information content (AvgIpc) is 2.43. The summed E-state index contributed by atoms with van der Waals surface area (Å²) in [5.41, 5.74) is -0.137. The van der Waals surface area contributed by atoms with Gasteiger partial charge in [0.15, 0.2) is 11.5 Å². The van der Waals surface area contributed by atoms with Crippen molar-refractivity contribution in [2.75, 3.05) is 0 Å². The number of phenolic OH excluding ortho intramolecular Hbond substituents is 2. The minimum atomic E-state index is -4.40. The monoisotopic (exact) mass is 297 g/mol. The van der Waals surface area contributed by atoms with Crippen LogP contribution < -0.4 is 5.32 Å². The fourth-order valence-electron chi connectivity index (χ4n) is 2.00. The van der Waals surface area contributed by atoms with Crippen LogP contribution in [0.15, 0.2) is 42.5 Å². The van der Waals surface area contributed by atoms with E-state index in [-0.39, 0.29) is 30.2 Å². The highest BCUT2D eigenvalue weighted by molar-refractivity contribution is 5.44. The Morgan fingerprint density at radius 2 is 1.48 bits per heavy atom. The van der Waals surface area contributed by atoms with Crippen molar-refractivity contribution >= 4 is 0 Å². The summed E-state index contributed by atoms with van der Waals surface area (Å²) >= 11 is 0. The molecule has 0 amide bonds. The predicted molar refractivity (Wildman–Crippen MR) is 71.8 cm³/mol. The molecule has 0 saturated carbocycles. The van der Waals surface area contributed by atoms with Gasteiger partial charge in [-0.15, -0.1) is 0 Å². The van der Waals surface area contributed by atoms with E-state index in [1.54, 1.807) is 12.1 Å². The number of benzene rings is 2. The van der Waals surface area contributed by atoms with Gasteiger partial charge < -0.3 is 15.5 Å². The van der Waals surface area contributed by atoms with Crippen LogP contribution in [-0.2, 0) is 19.3 Å². The lowest BCUT2D eigenvalue weighted by Crippen LogP contribution is -2.17. The van der Waals surface area contributed by atoms with Crippen molar-refractivity contribution in [2.24, 2.45) is 0 Å². The molecule has 0 bridgehead atoms. The molecule has 6 heteroatoms. The zero-order chi connectivity index (χ0) is 15.5. The van der Waals surface area contributed by atoms with Gasteiger partial charge in [0, 0.05) is 18.7 Å². The highest BCUT2D eigenvalue weighted by Crippen LogP contribution is 2.32. The molecule has 0 aliphatic heterocycles. The lowest BCUT2D eigenvalue weighted by atomic mass is 10.1. The van der Waals surface area contributed by atoms with Gasteiger partial charge in [-0.25, -0.2) is 0 Å². The van der Waals surface area contributed by atoms with Gasteiger partial charge in [-0.3, -0.25) is 0 Å². The first-order valence-electron chi connectivity index (χ1n) is 6.25. The Morgan fingerprint density at radius 3 is 2.19 bits per heavy atom. The molecule has 0 aliphatic rings. The molecule has 2 rings (SSSR count). The van der Waals surface area contributed by atoms with E-state index < -0.39 is 11.7 Å². The molecule has 0 unspecified atom stereocenters. The molecule has 3 nitrogen and oxygen atoms in total. The van der Waals surface area contributed by atoms with Crippen LogP contribution in [-0.4, -0.2) is 10.2 Å². The van der Waals surface area contributed by atoms with Gasteiger partial charge in [-0.1, -0.05) is 30.3 Å². The van der Waals surface area contributed by atoms with Gasteiger partial charge in [-0.05, 0) is 17.7 Å². The molecule has 21 heavy (non-hydrogen) atoms. The molecule has 0 atom stereocenters. The number of halogens is 3. The second-order valence-corrected chi connectivity index (χ2v) is 4.54. The highest BCUT2D eigenvalue weighted by Gasteiger charge is 2.32. The number of phenols is 2. The van der Waals surface area contributed by atoms with Crippen molar-refractivity contribution in [3.63, 3.8) is 0 Å². The first kappa shape index (κ1) is 15.2. The largest absolute Gasteiger partial charge is 0.504 e. The maximum atomic E-state index is 12.8. The van der Waals surface area contributed by atoms with Crippen molar-refractivity contribution in [1.82, 2.24) is 5.32 Å². The Bertz CT molecular complexity index is 627. The third-order valence-corrected chi connectivity index (χ3v) is 3.05. The zero-order valence-corrected chi connectivity index (χ0v) is 11.0. The first-order valence-corrected chi connectivity index (χ1v) is 6.25. The Balaban J connectivity index is 2.06. The molecule has 0 spiro atoms. The Labute approximate surface area is 119 Å². The molecule has 0 aliphatic carbocycles. The van der Waals surface area contributed by atoms with E-state index in [0.29, 0.717) is 5.56 Å². The van der Waals surface area contributed by atoms with E-state index in [9.17, 15) is 23.4 Å². The third kappa shape index (κ3) is 3.66. The van der Waals surface area contributed by atoms with Crippen LogP contribution in [0.25, 0.3) is 0 Å². The standard InChI is InChI=1S/C15H14F3NO2/c16-15(17,18)12-6-2-1-4-10(12)8-19-9-11-5-3-7-13(20)14(11)21/h1-7,19-21H,8-9H2. The van der Waals surface area contributed by atoms with E-state index in [1.165, 1.54) is 24.3 Å². The molecular formula is C15H14F3NO2. The van der Waals surface area contributed by atoms with Crippen LogP contribution in [0, 0.1) is 0 Å². The lowest BCUT2D eigenvalue weighted by Gasteiger charge is -2.13. The summed E-state index contributed by atoms with van der Waals surface area (Å²) in [7, 11) is 0. The fraction of sp³-hybridized carbons (Fsp3) is 0.200. The fourth-order valence-corrected chi connectivity index (χ4v) is 2.00. The predicted octanol–water partition coefficient (Wildman–Crippen LogP) is 3.41. The van der Waals surface area contributed by atoms with Gasteiger partial charge in [0.1, 0.15) is 0 Å². The topological polar surface area (TPSA) is 52.5 Å². The summed E-state index contributed by atoms with van der Waals surface area (Å²) in [6.45, 7) is 0.150. The van der Waals surface area contributed by atoms with E-state index in [2.05, 4.69) is 5.32 Å². The quantitative estimate of drug-likeness (QED) is 0.758. The maximum Gasteiger partial charge on any atom is 0.416 e. The third-order valence-electron chi connectivity index (χ3n) is 3.05. The molecule has 2 aromatic rings. The normalized spacial score (nSPS) is 11.6. The summed E-state index contributed by atoms with van der Waals surface area (Å²) in [6, 6.07) is 9.78. The summed E-state index contributed by atoms with van der Waals surface area (Å²) in [4.78, 5) is 0. The summed E-state index contributed by atoms with van der Waals surface area (Å²) in [6.07, 6.45) is -4.40. The minimum Gasteiger partial charge on any atom is -0.504 e. The van der Waals surface area contributed by atoms with Crippen LogP contribution in [0.3, 0.4) is 0 Å². The molecule has 0 fully saturated rings. The second-order valence-electron chi connectivity index (χ2n) is 4.54. The van der Waals surface area contributed by atoms with Crippen LogP contribution in [0.1, 0.15) is 16.7 Å². The first-order chi connectivity index (χ1) is 9.89. The number of nitrogens with one attached hydrogen (secondary N) is 1. The number of rotatable bonds is 4. The molecule has 3 N–H and O–H groups in total. The van der Waals surface area contributed by atoms with E-state index in [0.717, 1.165) is 6.07 Å². The van der Waals surface area contributed by atoms with Gasteiger partial charge >= 0.3 is 6.18 Å². The Hall–Kier alpha value is -2.21. The molecular weight excluding hydrogens is 283 g/mol. The summed E-state index contributed by atoms with van der Waals surface area (Å²) in [5, 5.41) is 21.8. The van der Waals surface area contributed by atoms with Gasteiger partial charge in [0.25, 0.3) is 0 Å². The van der Waals surface area contributed by atoms with Crippen LogP contribution in [0.4, 0.5) is 13.2 Å². The molecule has 0 heterocycles. The van der Waals surface area contributed by atoms with Gasteiger partial charge in [0.05, 0.1) is 5.56 Å². The Morgan fingerprint density at radius 1 is 0.857 bits per heavy atom. The van der Waals surface area contributed by atoms with Crippen LogP contribution in [0.5, 0.6) is 11.5 Å². The summed E-state index contributed by atoms with van der Waals surface area (Å²) < 4.78 is 38.4. The average molecular weight is 297 g/mol. The van der Waals surface area contributed by atoms with Crippen LogP contribution in [0.2, 0.25) is 0 Å². The molecule has 0 saturated heterocycles. The van der Waals surface area contributed by atoms with Crippen LogP contribution >= 0.6 is 0 Å². The molecule has 112 valence electrons. The van der Waals surface area contributed by atoms with Crippen molar-refractivity contribution in [3.05, 3.63) is 59.2 Å². The number of alkyl halides is 3. The second kappa shape index (κ2) is 6.05. The number of aromatic hydroxyl groups is 2. The number of hydrogen-bond acceptors (Lipinski definition) is 3. The van der Waals surface area contributed by atoms with Crippen molar-refractivity contribution < 1.29 is 23.4 Å². The van der Waals surface area contributed by atoms with E-state index in [1.807, 2.05) is 0 Å². The molecule has 0 radical (unpaired) electrons. The van der Waals surface area contributed by atoms with Gasteiger partial charge in [0.2, 0.25) is 0 Å². The van der Waals surface area contributed by atoms with E-state index >= 15 is 0 Å². The van der Waals surface area contributed by atoms with Crippen molar-refractivity contribution in [1.29, 1.82) is 0 Å². The Kier molecular flexibility index (Phi) is 4.37. The number of para-hydroxylation sites is 1. The number of hydrogen-bond donors (Lipinski definition) is 3. The smallest absolute Gasteiger partial charge is 0.416 e. The zero-order valence-electron chi connectivity index (χ0n) is 11.0. The van der Waals surface area contributed by atoms with E-state index in [4.69, 9.17) is 0 Å². The SMILES string of the molecule is Oc1cccc(CNCc2ccccc2C(F)(F)F)c1O. The summed E-state index contributed by atoms with van der Waals surface area (Å²) in [5.74, 6) is -0.529. The minimum absolute atomic E-state index is 0.00474. The van der Waals surface area contributed by atoms with Gasteiger partial charge in [-0.2, -0.15) is 13.2 Å². The lowest BCUT2D eigenvalue weighted by molar-refractivity contribution is -0.138.